The summed E-state index contributed by atoms with van der Waals surface area (Å²) in [6, 6.07) is 9.99. The number of nitrogens with zero attached hydrogens (tertiary/aromatic N) is 1. The highest BCUT2D eigenvalue weighted by Crippen LogP contribution is 2.53. The molecule has 1 aromatic carbocycles. The Labute approximate surface area is 173 Å². The van der Waals surface area contributed by atoms with Crippen molar-refractivity contribution in [2.24, 2.45) is 5.92 Å². The van der Waals surface area contributed by atoms with Gasteiger partial charge in [0.25, 0.3) is 5.91 Å². The molecule has 0 bridgehead atoms. The Balaban J connectivity index is 1.66. The van der Waals surface area contributed by atoms with E-state index in [2.05, 4.69) is 29.4 Å². The molecule has 0 aliphatic heterocycles. The monoisotopic (exact) mass is 392 g/mol. The zero-order valence-corrected chi connectivity index (χ0v) is 17.8. The van der Waals surface area contributed by atoms with Crippen molar-refractivity contribution >= 4 is 11.6 Å². The first-order valence-electron chi connectivity index (χ1n) is 10.9. The molecule has 29 heavy (non-hydrogen) atoms. The second-order valence-electron chi connectivity index (χ2n) is 9.26. The van der Waals surface area contributed by atoms with E-state index in [0.29, 0.717) is 11.5 Å². The molecule has 4 heteroatoms. The third kappa shape index (κ3) is 3.71. The van der Waals surface area contributed by atoms with Crippen molar-refractivity contribution in [2.45, 2.75) is 76.7 Å². The Morgan fingerprint density at radius 1 is 1.31 bits per heavy atom. The van der Waals surface area contributed by atoms with Gasteiger partial charge in [0.1, 0.15) is 0 Å². The number of carbonyl (C=O) groups is 1. The van der Waals surface area contributed by atoms with E-state index in [1.807, 2.05) is 32.0 Å². The van der Waals surface area contributed by atoms with Gasteiger partial charge in [-0.3, -0.25) is 9.78 Å². The quantitative estimate of drug-likeness (QED) is 0.757. The molecule has 3 atom stereocenters. The number of carbonyl (C=O) groups excluding carboxylic acids is 1. The zero-order valence-electron chi connectivity index (χ0n) is 17.8. The van der Waals surface area contributed by atoms with Crippen LogP contribution in [0.25, 0.3) is 0 Å². The maximum Gasteiger partial charge on any atom is 0.255 e. The average molecular weight is 393 g/mol. The van der Waals surface area contributed by atoms with Gasteiger partial charge in [-0.2, -0.15) is 0 Å². The van der Waals surface area contributed by atoms with Crippen molar-refractivity contribution in [2.75, 3.05) is 5.32 Å². The maximum atomic E-state index is 12.9. The molecule has 0 radical (unpaired) electrons. The predicted octanol–water partition coefficient (Wildman–Crippen LogP) is 5.18. The topological polar surface area (TPSA) is 62.2 Å². The van der Waals surface area contributed by atoms with Gasteiger partial charge in [0.05, 0.1) is 17.0 Å². The van der Waals surface area contributed by atoms with Gasteiger partial charge >= 0.3 is 0 Å². The van der Waals surface area contributed by atoms with Gasteiger partial charge in [-0.05, 0) is 106 Å². The molecule has 0 spiro atoms. The summed E-state index contributed by atoms with van der Waals surface area (Å²) < 4.78 is 0. The van der Waals surface area contributed by atoms with E-state index < -0.39 is 5.60 Å². The van der Waals surface area contributed by atoms with Crippen LogP contribution in [0.5, 0.6) is 0 Å². The molecule has 1 fully saturated rings. The minimum atomic E-state index is -0.546. The van der Waals surface area contributed by atoms with Crippen LogP contribution in [0.3, 0.4) is 0 Å². The highest BCUT2D eigenvalue weighted by atomic mass is 16.3. The number of anilines is 1. The lowest BCUT2D eigenvalue weighted by Crippen LogP contribution is -2.46. The summed E-state index contributed by atoms with van der Waals surface area (Å²) in [6.45, 7) is 6.18. The number of fused-ring (bicyclic) bond motifs is 3. The molecule has 0 saturated heterocycles. The fourth-order valence-electron chi connectivity index (χ4n) is 5.69. The third-order valence-corrected chi connectivity index (χ3v) is 7.37. The Morgan fingerprint density at radius 2 is 2.14 bits per heavy atom. The fourth-order valence-corrected chi connectivity index (χ4v) is 5.69. The average Bonchev–Trinajstić information content (AvgIpc) is 2.85. The number of aromatic nitrogens is 1. The molecule has 154 valence electrons. The van der Waals surface area contributed by atoms with Crippen LogP contribution in [0.1, 0.15) is 79.6 Å². The van der Waals surface area contributed by atoms with Gasteiger partial charge < -0.3 is 10.4 Å². The molecule has 4 rings (SSSR count). The van der Waals surface area contributed by atoms with Crippen molar-refractivity contribution in [1.29, 1.82) is 0 Å². The normalized spacial score (nSPS) is 28.8. The van der Waals surface area contributed by atoms with E-state index in [1.54, 1.807) is 6.20 Å². The third-order valence-electron chi connectivity index (χ3n) is 7.37. The molecular formula is C25H32N2O2. The number of benzene rings is 1. The molecule has 1 aromatic heterocycles. The number of hydrogen-bond acceptors (Lipinski definition) is 3. The molecule has 2 aliphatic carbocycles. The van der Waals surface area contributed by atoms with Crippen molar-refractivity contribution in [1.82, 2.24) is 4.98 Å². The maximum absolute atomic E-state index is 12.9. The van der Waals surface area contributed by atoms with Crippen LogP contribution in [-0.4, -0.2) is 21.6 Å². The highest BCUT2D eigenvalue weighted by Gasteiger charge is 2.48. The number of nitrogens with one attached hydrogen (secondary N) is 1. The van der Waals surface area contributed by atoms with E-state index in [9.17, 15) is 9.90 Å². The molecule has 0 unspecified atom stereocenters. The van der Waals surface area contributed by atoms with Gasteiger partial charge in [0.15, 0.2) is 0 Å². The van der Waals surface area contributed by atoms with Gasteiger partial charge in [-0.1, -0.05) is 13.0 Å². The van der Waals surface area contributed by atoms with Gasteiger partial charge in [0, 0.05) is 11.8 Å². The first kappa shape index (κ1) is 20.1. The van der Waals surface area contributed by atoms with Gasteiger partial charge in [0.2, 0.25) is 0 Å². The number of aliphatic hydroxyl groups is 1. The number of pyridine rings is 1. The lowest BCUT2D eigenvalue weighted by molar-refractivity contribution is -0.0340. The molecule has 1 heterocycles. The standard InChI is InChI=1S/C25H32N2O2/c1-4-25-13-12-24(3,29)16-20(25)8-5-7-18-15-19(10-11-21(18)25)23(28)27-22-9-6-14-26-17(22)2/h6,9-11,14-15,20,29H,4-5,7-8,12-13,16H2,1-3H3,(H,27,28)/t20-,24+,25+/m1/s1. The van der Waals surface area contributed by atoms with Crippen LogP contribution in [0.2, 0.25) is 0 Å². The molecular weight excluding hydrogens is 360 g/mol. The molecule has 1 saturated carbocycles. The van der Waals surface area contributed by atoms with Crippen molar-refractivity contribution < 1.29 is 9.90 Å². The molecule has 1 amide bonds. The minimum absolute atomic E-state index is 0.0816. The molecule has 2 aromatic rings. The Bertz CT molecular complexity index is 921. The summed E-state index contributed by atoms with van der Waals surface area (Å²) in [7, 11) is 0. The summed E-state index contributed by atoms with van der Waals surface area (Å²) in [6.07, 6.45) is 8.83. The van der Waals surface area contributed by atoms with E-state index >= 15 is 0 Å². The van der Waals surface area contributed by atoms with Crippen LogP contribution >= 0.6 is 0 Å². The molecule has 2 N–H and O–H groups in total. The molecule has 2 aliphatic rings. The van der Waals surface area contributed by atoms with Crippen molar-refractivity contribution in [3.8, 4) is 0 Å². The second-order valence-corrected chi connectivity index (χ2v) is 9.26. The smallest absolute Gasteiger partial charge is 0.255 e. The van der Waals surface area contributed by atoms with E-state index in [0.717, 1.165) is 56.3 Å². The summed E-state index contributed by atoms with van der Waals surface area (Å²) in [5.41, 5.74) is 4.58. The van der Waals surface area contributed by atoms with Crippen LogP contribution < -0.4 is 5.32 Å². The number of aryl methyl sites for hydroxylation is 2. The number of hydrogen-bond donors (Lipinski definition) is 2. The summed E-state index contributed by atoms with van der Waals surface area (Å²) in [4.78, 5) is 17.1. The summed E-state index contributed by atoms with van der Waals surface area (Å²) in [5, 5.41) is 13.7. The predicted molar refractivity (Wildman–Crippen MR) is 116 cm³/mol. The largest absolute Gasteiger partial charge is 0.390 e. The first-order chi connectivity index (χ1) is 13.8. The Kier molecular flexibility index (Phi) is 5.24. The van der Waals surface area contributed by atoms with Crippen LogP contribution in [-0.2, 0) is 11.8 Å². The van der Waals surface area contributed by atoms with Gasteiger partial charge in [-0.25, -0.2) is 0 Å². The van der Waals surface area contributed by atoms with Crippen molar-refractivity contribution in [3.05, 3.63) is 58.9 Å². The lowest BCUT2D eigenvalue weighted by Gasteiger charge is -2.49. The minimum Gasteiger partial charge on any atom is -0.390 e. The van der Waals surface area contributed by atoms with Crippen LogP contribution in [0.15, 0.2) is 36.5 Å². The van der Waals surface area contributed by atoms with E-state index in [4.69, 9.17) is 0 Å². The zero-order chi connectivity index (χ0) is 20.6. The van der Waals surface area contributed by atoms with E-state index in [-0.39, 0.29) is 11.3 Å². The number of rotatable bonds is 3. The lowest BCUT2D eigenvalue weighted by atomic mass is 9.57. The van der Waals surface area contributed by atoms with Gasteiger partial charge in [-0.15, -0.1) is 0 Å². The fraction of sp³-hybridized carbons (Fsp3) is 0.520. The second kappa shape index (κ2) is 7.56. The summed E-state index contributed by atoms with van der Waals surface area (Å²) in [5.74, 6) is 0.428. The Hall–Kier alpha value is -2.20. The SMILES string of the molecule is CC[C@]12CC[C@](C)(O)C[C@H]1CCCc1cc(C(=O)Nc3cccnc3C)ccc12. The highest BCUT2D eigenvalue weighted by molar-refractivity contribution is 6.04. The Morgan fingerprint density at radius 3 is 2.90 bits per heavy atom. The van der Waals surface area contributed by atoms with Crippen molar-refractivity contribution in [3.63, 3.8) is 0 Å². The van der Waals surface area contributed by atoms with E-state index in [1.165, 1.54) is 11.1 Å². The molecule has 4 nitrogen and oxygen atoms in total. The van der Waals surface area contributed by atoms with Crippen LogP contribution in [0, 0.1) is 12.8 Å². The summed E-state index contributed by atoms with van der Waals surface area (Å²) >= 11 is 0. The first-order valence-corrected chi connectivity index (χ1v) is 10.9. The number of amides is 1. The van der Waals surface area contributed by atoms with Crippen LogP contribution in [0.4, 0.5) is 5.69 Å².